The molecule has 0 saturated carbocycles. The van der Waals surface area contributed by atoms with Gasteiger partial charge >= 0.3 is 11.7 Å². The number of carbonyl (C=O) groups excluding carboxylic acids is 2. The van der Waals surface area contributed by atoms with Gasteiger partial charge in [-0.1, -0.05) is 0 Å². The number of anilines is 1. The van der Waals surface area contributed by atoms with Crippen LogP contribution in [0.15, 0.2) is 33.5 Å². The molecule has 0 bridgehead atoms. The summed E-state index contributed by atoms with van der Waals surface area (Å²) in [5, 5.41) is 5.91. The number of fused-ring (bicyclic) bond motifs is 1. The van der Waals surface area contributed by atoms with Crippen molar-refractivity contribution in [1.82, 2.24) is 5.32 Å². The fraction of sp³-hybridized carbons (Fsp3) is 0.312. The minimum absolute atomic E-state index is 0.358. The molecule has 1 atom stereocenters. The Morgan fingerprint density at radius 2 is 2.04 bits per heavy atom. The van der Waals surface area contributed by atoms with Crippen molar-refractivity contribution in [2.24, 2.45) is 11.5 Å². The molecule has 0 unspecified atom stereocenters. The molecule has 1 heterocycles. The third-order valence-electron chi connectivity index (χ3n) is 3.55. The van der Waals surface area contributed by atoms with Gasteiger partial charge in [0, 0.05) is 29.8 Å². The van der Waals surface area contributed by atoms with Crippen LogP contribution in [0, 0.1) is 6.92 Å². The average Bonchev–Trinajstić information content (AvgIpc) is 2.50. The first-order valence-electron chi connectivity index (χ1n) is 7.51. The third-order valence-corrected chi connectivity index (χ3v) is 3.55. The van der Waals surface area contributed by atoms with E-state index >= 15 is 0 Å². The van der Waals surface area contributed by atoms with Crippen LogP contribution in [0.25, 0.3) is 11.0 Å². The van der Waals surface area contributed by atoms with E-state index in [-0.39, 0.29) is 5.91 Å². The standard InChI is InChI=1S/C16H20N4O4/c1-9-7-14(21)24-13-8-10(4-5-11(9)13)20-15(22)12(17)3-2-6-19-16(18)23/h4-5,7-8,12H,2-3,6,17H2,1H3,(H,20,22)(H3,18,19,23)/t12-/m0/s1. The molecule has 0 aliphatic rings. The van der Waals surface area contributed by atoms with Crippen molar-refractivity contribution in [3.8, 4) is 0 Å². The summed E-state index contributed by atoms with van der Waals surface area (Å²) in [7, 11) is 0. The van der Waals surface area contributed by atoms with Crippen LogP contribution in [0.5, 0.6) is 0 Å². The lowest BCUT2D eigenvalue weighted by molar-refractivity contribution is -0.117. The summed E-state index contributed by atoms with van der Waals surface area (Å²) in [5.41, 5.74) is 12.0. The quantitative estimate of drug-likeness (QED) is 0.458. The topological polar surface area (TPSA) is 140 Å². The minimum Gasteiger partial charge on any atom is -0.423 e. The first kappa shape index (κ1) is 17.5. The highest BCUT2D eigenvalue weighted by Gasteiger charge is 2.14. The second-order valence-corrected chi connectivity index (χ2v) is 5.49. The number of aryl methyl sites for hydroxylation is 1. The molecule has 24 heavy (non-hydrogen) atoms. The Labute approximate surface area is 138 Å². The van der Waals surface area contributed by atoms with Crippen LogP contribution < -0.4 is 27.7 Å². The van der Waals surface area contributed by atoms with Crippen molar-refractivity contribution in [3.05, 3.63) is 40.2 Å². The molecule has 128 valence electrons. The molecule has 0 spiro atoms. The van der Waals surface area contributed by atoms with Crippen molar-refractivity contribution in [3.63, 3.8) is 0 Å². The van der Waals surface area contributed by atoms with Crippen molar-refractivity contribution < 1.29 is 14.0 Å². The Hall–Kier alpha value is -2.87. The summed E-state index contributed by atoms with van der Waals surface area (Å²) in [4.78, 5) is 34.0. The predicted octanol–water partition coefficient (Wildman–Crippen LogP) is 0.816. The van der Waals surface area contributed by atoms with Gasteiger partial charge in [-0.15, -0.1) is 0 Å². The monoisotopic (exact) mass is 332 g/mol. The lowest BCUT2D eigenvalue weighted by Crippen LogP contribution is -2.37. The van der Waals surface area contributed by atoms with Gasteiger partial charge in [0.2, 0.25) is 5.91 Å². The predicted molar refractivity (Wildman–Crippen MR) is 90.6 cm³/mol. The molecule has 6 N–H and O–H groups in total. The number of benzene rings is 1. The van der Waals surface area contributed by atoms with Crippen LogP contribution in [-0.4, -0.2) is 24.5 Å². The van der Waals surface area contributed by atoms with E-state index in [1.54, 1.807) is 18.2 Å². The first-order valence-corrected chi connectivity index (χ1v) is 7.51. The Morgan fingerprint density at radius 3 is 2.75 bits per heavy atom. The maximum absolute atomic E-state index is 12.1. The Bertz CT molecular complexity index is 815. The zero-order chi connectivity index (χ0) is 17.7. The molecule has 8 heteroatoms. The molecule has 0 saturated heterocycles. The van der Waals surface area contributed by atoms with Gasteiger partial charge in [-0.2, -0.15) is 0 Å². The normalized spacial score (nSPS) is 11.9. The molecule has 3 amide bonds. The van der Waals surface area contributed by atoms with Crippen LogP contribution in [0.2, 0.25) is 0 Å². The van der Waals surface area contributed by atoms with Gasteiger partial charge in [0.15, 0.2) is 0 Å². The van der Waals surface area contributed by atoms with E-state index in [0.29, 0.717) is 30.7 Å². The van der Waals surface area contributed by atoms with Gasteiger partial charge in [0.1, 0.15) is 5.58 Å². The highest BCUT2D eigenvalue weighted by Crippen LogP contribution is 2.20. The summed E-state index contributed by atoms with van der Waals surface area (Å²) >= 11 is 0. The molecule has 1 aromatic carbocycles. The van der Waals surface area contributed by atoms with E-state index in [2.05, 4.69) is 10.6 Å². The second-order valence-electron chi connectivity index (χ2n) is 5.49. The maximum Gasteiger partial charge on any atom is 0.336 e. The molecule has 1 aromatic heterocycles. The Balaban J connectivity index is 1.99. The Morgan fingerprint density at radius 1 is 1.29 bits per heavy atom. The molecule has 2 rings (SSSR count). The van der Waals surface area contributed by atoms with E-state index in [1.807, 2.05) is 6.92 Å². The summed E-state index contributed by atoms with van der Waals surface area (Å²) < 4.78 is 5.14. The number of amides is 3. The van der Waals surface area contributed by atoms with Gasteiger partial charge in [-0.25, -0.2) is 9.59 Å². The van der Waals surface area contributed by atoms with Crippen LogP contribution in [0.3, 0.4) is 0 Å². The van der Waals surface area contributed by atoms with Gasteiger partial charge in [0.05, 0.1) is 6.04 Å². The second kappa shape index (κ2) is 7.60. The van der Waals surface area contributed by atoms with Gasteiger partial charge in [-0.05, 0) is 37.5 Å². The molecular weight excluding hydrogens is 312 g/mol. The molecule has 8 nitrogen and oxygen atoms in total. The summed E-state index contributed by atoms with van der Waals surface area (Å²) in [6, 6.07) is 5.15. The van der Waals surface area contributed by atoms with Crippen LogP contribution in [0.4, 0.5) is 10.5 Å². The van der Waals surface area contributed by atoms with E-state index < -0.39 is 17.7 Å². The lowest BCUT2D eigenvalue weighted by Gasteiger charge is -2.12. The first-order chi connectivity index (χ1) is 11.4. The SMILES string of the molecule is Cc1cc(=O)oc2cc(NC(=O)[C@@H](N)CCCNC(N)=O)ccc12. The molecular formula is C16H20N4O4. The van der Waals surface area contributed by atoms with E-state index in [0.717, 1.165) is 10.9 Å². The maximum atomic E-state index is 12.1. The molecule has 0 aliphatic heterocycles. The zero-order valence-electron chi connectivity index (χ0n) is 13.3. The van der Waals surface area contributed by atoms with Crippen molar-refractivity contribution in [2.45, 2.75) is 25.8 Å². The van der Waals surface area contributed by atoms with E-state index in [1.165, 1.54) is 6.07 Å². The number of hydrogen-bond donors (Lipinski definition) is 4. The molecule has 0 aliphatic carbocycles. The molecule has 0 radical (unpaired) electrons. The summed E-state index contributed by atoms with van der Waals surface area (Å²) in [6.45, 7) is 2.17. The molecule has 2 aromatic rings. The number of primary amides is 1. The third kappa shape index (κ3) is 4.56. The number of nitrogens with one attached hydrogen (secondary N) is 2. The summed E-state index contributed by atoms with van der Waals surface area (Å²) in [6.07, 6.45) is 0.928. The zero-order valence-corrected chi connectivity index (χ0v) is 13.3. The number of rotatable bonds is 6. The highest BCUT2D eigenvalue weighted by molar-refractivity contribution is 5.96. The van der Waals surface area contributed by atoms with Crippen LogP contribution in [-0.2, 0) is 4.79 Å². The van der Waals surface area contributed by atoms with E-state index in [9.17, 15) is 14.4 Å². The largest absolute Gasteiger partial charge is 0.423 e. The number of carbonyl (C=O) groups is 2. The average molecular weight is 332 g/mol. The minimum atomic E-state index is -0.722. The number of urea groups is 1. The smallest absolute Gasteiger partial charge is 0.336 e. The van der Waals surface area contributed by atoms with Crippen LogP contribution >= 0.6 is 0 Å². The van der Waals surface area contributed by atoms with Gasteiger partial charge in [0.25, 0.3) is 0 Å². The highest BCUT2D eigenvalue weighted by atomic mass is 16.4. The van der Waals surface area contributed by atoms with E-state index in [4.69, 9.17) is 15.9 Å². The van der Waals surface area contributed by atoms with Gasteiger partial charge in [-0.3, -0.25) is 4.79 Å². The fourth-order valence-corrected chi connectivity index (χ4v) is 2.30. The Kier molecular flexibility index (Phi) is 5.54. The van der Waals surface area contributed by atoms with Crippen molar-refractivity contribution in [1.29, 1.82) is 0 Å². The van der Waals surface area contributed by atoms with Crippen molar-refractivity contribution in [2.75, 3.05) is 11.9 Å². The van der Waals surface area contributed by atoms with Crippen molar-refractivity contribution >= 4 is 28.6 Å². The number of nitrogens with two attached hydrogens (primary N) is 2. The van der Waals surface area contributed by atoms with Gasteiger partial charge < -0.3 is 26.5 Å². The lowest BCUT2D eigenvalue weighted by atomic mass is 10.1. The summed E-state index contributed by atoms with van der Waals surface area (Å²) in [5.74, 6) is -0.358. The van der Waals surface area contributed by atoms with Crippen LogP contribution in [0.1, 0.15) is 18.4 Å². The fourth-order valence-electron chi connectivity index (χ4n) is 2.30. The molecule has 0 fully saturated rings. The number of hydrogen-bond acceptors (Lipinski definition) is 5.